The lowest BCUT2D eigenvalue weighted by molar-refractivity contribution is 0.513. The zero-order chi connectivity index (χ0) is 10.5. The third-order valence-electron chi connectivity index (χ3n) is 2.76. The summed E-state index contributed by atoms with van der Waals surface area (Å²) in [5, 5.41) is 3.02. The van der Waals surface area contributed by atoms with E-state index < -0.39 is 0 Å². The molecular weight excluding hydrogens is 191 g/mol. The fourth-order valence-electron chi connectivity index (χ4n) is 1.96. The highest BCUT2D eigenvalue weighted by Crippen LogP contribution is 2.21. The molecule has 0 bridgehead atoms. The first-order chi connectivity index (χ1) is 7.40. The van der Waals surface area contributed by atoms with E-state index in [0.29, 0.717) is 6.54 Å². The number of halogens is 1. The number of hydrogen-bond donors (Lipinski definition) is 1. The lowest BCUT2D eigenvalue weighted by atomic mass is 10.2. The predicted octanol–water partition coefficient (Wildman–Crippen LogP) is 2.67. The lowest BCUT2D eigenvalue weighted by Gasteiger charge is -2.17. The van der Waals surface area contributed by atoms with Crippen molar-refractivity contribution in [3.05, 3.63) is 24.3 Å². The fourth-order valence-corrected chi connectivity index (χ4v) is 1.96. The van der Waals surface area contributed by atoms with E-state index in [-0.39, 0.29) is 6.67 Å². The van der Waals surface area contributed by atoms with E-state index in [1.807, 2.05) is 12.1 Å². The van der Waals surface area contributed by atoms with E-state index in [4.69, 9.17) is 0 Å². The third-order valence-corrected chi connectivity index (χ3v) is 2.76. The topological polar surface area (TPSA) is 15.3 Å². The van der Waals surface area contributed by atoms with Gasteiger partial charge in [0.05, 0.1) is 0 Å². The molecule has 82 valence electrons. The normalized spacial score (nSPS) is 15.7. The molecule has 0 unspecified atom stereocenters. The van der Waals surface area contributed by atoms with E-state index in [0.717, 1.165) is 18.8 Å². The van der Waals surface area contributed by atoms with Crippen LogP contribution in [-0.2, 0) is 0 Å². The number of benzene rings is 1. The Labute approximate surface area is 90.1 Å². The lowest BCUT2D eigenvalue weighted by Crippen LogP contribution is -2.17. The van der Waals surface area contributed by atoms with Crippen LogP contribution in [0.2, 0.25) is 0 Å². The van der Waals surface area contributed by atoms with Crippen LogP contribution >= 0.6 is 0 Å². The van der Waals surface area contributed by atoms with Crippen molar-refractivity contribution in [3.63, 3.8) is 0 Å². The van der Waals surface area contributed by atoms with Gasteiger partial charge in [-0.3, -0.25) is 0 Å². The van der Waals surface area contributed by atoms with E-state index in [2.05, 4.69) is 22.3 Å². The fraction of sp³-hybridized carbons (Fsp3) is 0.500. The van der Waals surface area contributed by atoms with Crippen molar-refractivity contribution in [1.82, 2.24) is 0 Å². The average molecular weight is 208 g/mol. The second-order valence-corrected chi connectivity index (χ2v) is 3.86. The Balaban J connectivity index is 1.96. The molecule has 1 aliphatic rings. The first-order valence-electron chi connectivity index (χ1n) is 5.55. The number of alkyl halides is 1. The van der Waals surface area contributed by atoms with E-state index >= 15 is 0 Å². The number of nitrogens with one attached hydrogen (secondary N) is 1. The summed E-state index contributed by atoms with van der Waals surface area (Å²) >= 11 is 0. The second-order valence-electron chi connectivity index (χ2n) is 3.86. The van der Waals surface area contributed by atoms with Gasteiger partial charge in [-0.1, -0.05) is 0 Å². The summed E-state index contributed by atoms with van der Waals surface area (Å²) in [5.41, 5.74) is 2.27. The Morgan fingerprint density at radius 2 is 1.80 bits per heavy atom. The zero-order valence-corrected chi connectivity index (χ0v) is 8.88. The minimum absolute atomic E-state index is 0.326. The van der Waals surface area contributed by atoms with Gasteiger partial charge in [0.15, 0.2) is 0 Å². The van der Waals surface area contributed by atoms with Gasteiger partial charge in [-0.15, -0.1) is 0 Å². The molecule has 1 saturated heterocycles. The monoisotopic (exact) mass is 208 g/mol. The van der Waals surface area contributed by atoms with Gasteiger partial charge < -0.3 is 10.2 Å². The Morgan fingerprint density at radius 1 is 1.13 bits per heavy atom. The number of anilines is 2. The van der Waals surface area contributed by atoms with Gasteiger partial charge in [-0.25, -0.2) is 4.39 Å². The third kappa shape index (κ3) is 2.61. The molecule has 0 aliphatic carbocycles. The molecule has 0 atom stereocenters. The smallest absolute Gasteiger partial charge is 0.107 e. The van der Waals surface area contributed by atoms with Gasteiger partial charge >= 0.3 is 0 Å². The van der Waals surface area contributed by atoms with Gasteiger partial charge in [-0.2, -0.15) is 0 Å². The minimum atomic E-state index is -0.326. The average Bonchev–Trinajstić information content (AvgIpc) is 2.80. The Kier molecular flexibility index (Phi) is 3.43. The standard InChI is InChI=1S/C12H17FN2/c13-7-8-14-11-3-5-12(6-4-11)15-9-1-2-10-15/h3-6,14H,1-2,7-10H2. The van der Waals surface area contributed by atoms with Crippen LogP contribution in [0.25, 0.3) is 0 Å². The Bertz CT molecular complexity index is 291. The number of rotatable bonds is 4. The van der Waals surface area contributed by atoms with Gasteiger partial charge in [0.1, 0.15) is 6.67 Å². The first kappa shape index (κ1) is 10.3. The van der Waals surface area contributed by atoms with Crippen LogP contribution in [0.15, 0.2) is 24.3 Å². The van der Waals surface area contributed by atoms with Gasteiger partial charge in [0.25, 0.3) is 0 Å². The summed E-state index contributed by atoms with van der Waals surface area (Å²) in [5.74, 6) is 0. The molecule has 0 saturated carbocycles. The first-order valence-corrected chi connectivity index (χ1v) is 5.55. The molecule has 0 radical (unpaired) electrons. The molecule has 2 rings (SSSR count). The highest BCUT2D eigenvalue weighted by atomic mass is 19.1. The van der Waals surface area contributed by atoms with Crippen LogP contribution < -0.4 is 10.2 Å². The summed E-state index contributed by atoms with van der Waals surface area (Å²) in [6.45, 7) is 2.39. The van der Waals surface area contributed by atoms with Crippen molar-refractivity contribution in [3.8, 4) is 0 Å². The maximum atomic E-state index is 11.9. The van der Waals surface area contributed by atoms with Crippen LogP contribution in [0.4, 0.5) is 15.8 Å². The van der Waals surface area contributed by atoms with Gasteiger partial charge in [0.2, 0.25) is 0 Å². The molecule has 0 spiro atoms. The van der Waals surface area contributed by atoms with E-state index in [1.165, 1.54) is 18.5 Å². The van der Waals surface area contributed by atoms with Gasteiger partial charge in [0, 0.05) is 31.0 Å². The molecular formula is C12H17FN2. The maximum absolute atomic E-state index is 11.9. The molecule has 0 aromatic heterocycles. The summed E-state index contributed by atoms with van der Waals surface area (Å²) in [6, 6.07) is 8.24. The van der Waals surface area contributed by atoms with Crippen molar-refractivity contribution < 1.29 is 4.39 Å². The quantitative estimate of drug-likeness (QED) is 0.818. The van der Waals surface area contributed by atoms with E-state index in [9.17, 15) is 4.39 Å². The van der Waals surface area contributed by atoms with Crippen LogP contribution in [0.5, 0.6) is 0 Å². The minimum Gasteiger partial charge on any atom is -0.382 e. The highest BCUT2D eigenvalue weighted by Gasteiger charge is 2.11. The highest BCUT2D eigenvalue weighted by molar-refractivity contribution is 5.55. The molecule has 3 heteroatoms. The molecule has 1 aliphatic heterocycles. The molecule has 1 N–H and O–H groups in total. The van der Waals surface area contributed by atoms with Crippen molar-refractivity contribution in [1.29, 1.82) is 0 Å². The van der Waals surface area contributed by atoms with Crippen molar-refractivity contribution in [2.75, 3.05) is 36.5 Å². The summed E-state index contributed by atoms with van der Waals surface area (Å²) in [6.07, 6.45) is 2.59. The Morgan fingerprint density at radius 3 is 2.40 bits per heavy atom. The largest absolute Gasteiger partial charge is 0.382 e. The molecule has 1 heterocycles. The SMILES string of the molecule is FCCNc1ccc(N2CCCC2)cc1. The number of nitrogens with zero attached hydrogens (tertiary/aromatic N) is 1. The second kappa shape index (κ2) is 5.01. The predicted molar refractivity (Wildman–Crippen MR) is 62.4 cm³/mol. The van der Waals surface area contributed by atoms with Crippen LogP contribution in [-0.4, -0.2) is 26.3 Å². The van der Waals surface area contributed by atoms with Crippen LogP contribution in [0.1, 0.15) is 12.8 Å². The zero-order valence-electron chi connectivity index (χ0n) is 8.88. The van der Waals surface area contributed by atoms with Crippen LogP contribution in [0.3, 0.4) is 0 Å². The molecule has 15 heavy (non-hydrogen) atoms. The van der Waals surface area contributed by atoms with Gasteiger partial charge in [-0.05, 0) is 37.1 Å². The molecule has 2 nitrogen and oxygen atoms in total. The molecule has 0 amide bonds. The summed E-state index contributed by atoms with van der Waals surface area (Å²) < 4.78 is 11.9. The van der Waals surface area contributed by atoms with Crippen molar-refractivity contribution >= 4 is 11.4 Å². The summed E-state index contributed by atoms with van der Waals surface area (Å²) in [4.78, 5) is 2.39. The molecule has 1 aromatic rings. The number of hydrogen-bond acceptors (Lipinski definition) is 2. The maximum Gasteiger partial charge on any atom is 0.107 e. The van der Waals surface area contributed by atoms with Crippen LogP contribution in [0, 0.1) is 0 Å². The Hall–Kier alpha value is -1.25. The molecule has 1 fully saturated rings. The van der Waals surface area contributed by atoms with Crippen molar-refractivity contribution in [2.45, 2.75) is 12.8 Å². The van der Waals surface area contributed by atoms with Crippen molar-refractivity contribution in [2.24, 2.45) is 0 Å². The molecule has 1 aromatic carbocycles. The summed E-state index contributed by atoms with van der Waals surface area (Å²) in [7, 11) is 0. The van der Waals surface area contributed by atoms with E-state index in [1.54, 1.807) is 0 Å².